The van der Waals surface area contributed by atoms with Gasteiger partial charge in [0.15, 0.2) is 0 Å². The molecule has 1 aromatic heterocycles. The maximum atomic E-state index is 14.1. The minimum atomic E-state index is -0.543. The molecule has 0 aliphatic carbocycles. The second-order valence-corrected chi connectivity index (χ2v) is 13.3. The molecule has 0 amide bonds. The normalized spacial score (nSPS) is 18.3. The quantitative estimate of drug-likeness (QED) is 0.224. The Balaban J connectivity index is 1.28. The van der Waals surface area contributed by atoms with Gasteiger partial charge in [-0.1, -0.05) is 54.6 Å². The van der Waals surface area contributed by atoms with Crippen molar-refractivity contribution in [2.24, 2.45) is 0 Å². The van der Waals surface area contributed by atoms with Crippen LogP contribution >= 0.6 is 0 Å². The third-order valence-electron chi connectivity index (χ3n) is 10.2. The standard InChI is InChI=1S/C40H44F2N6O4/c1-3-52-39(49)33-27(2)43-38-35(34(33)28-7-5-4-6-8-28)37(44-40(50)48(38)22-17-45-23-25-51-26-24-45)47-20-18-46(19-21-47)36(29-9-13-31(41)14-10-29)30-11-15-32(42)16-12-30/h4-16,34,36,43H,3,17-26H2,1-2H3. The van der Waals surface area contributed by atoms with Crippen LogP contribution < -0.4 is 15.9 Å². The van der Waals surface area contributed by atoms with Gasteiger partial charge in [-0.25, -0.2) is 18.4 Å². The number of morpholine rings is 1. The van der Waals surface area contributed by atoms with Crippen molar-refractivity contribution in [2.75, 3.05) is 75.9 Å². The molecule has 2 saturated heterocycles. The van der Waals surface area contributed by atoms with E-state index in [2.05, 4.69) is 20.0 Å². The lowest BCUT2D eigenvalue weighted by Crippen LogP contribution is -2.49. The lowest BCUT2D eigenvalue weighted by molar-refractivity contribution is -0.138. The number of nitrogens with zero attached hydrogens (tertiary/aromatic N) is 5. The fourth-order valence-electron chi connectivity index (χ4n) is 7.63. The van der Waals surface area contributed by atoms with Gasteiger partial charge < -0.3 is 19.7 Å². The number of rotatable bonds is 10. The highest BCUT2D eigenvalue weighted by Gasteiger charge is 2.39. The number of anilines is 2. The predicted octanol–water partition coefficient (Wildman–Crippen LogP) is 5.16. The summed E-state index contributed by atoms with van der Waals surface area (Å²) in [6, 6.07) is 22.4. The van der Waals surface area contributed by atoms with Crippen LogP contribution in [0.2, 0.25) is 0 Å². The Bertz CT molecular complexity index is 1910. The Labute approximate surface area is 302 Å². The molecule has 10 nitrogen and oxygen atoms in total. The van der Waals surface area contributed by atoms with Crippen molar-refractivity contribution in [3.8, 4) is 0 Å². The van der Waals surface area contributed by atoms with Crippen molar-refractivity contribution in [1.82, 2.24) is 19.4 Å². The van der Waals surface area contributed by atoms with Gasteiger partial charge >= 0.3 is 11.7 Å². The maximum Gasteiger partial charge on any atom is 0.351 e. The maximum absolute atomic E-state index is 14.1. The number of benzene rings is 3. The number of allylic oxidation sites excluding steroid dienone is 1. The molecule has 1 unspecified atom stereocenters. The fourth-order valence-corrected chi connectivity index (χ4v) is 7.63. The summed E-state index contributed by atoms with van der Waals surface area (Å²) in [6.07, 6.45) is 0. The van der Waals surface area contributed by atoms with E-state index in [1.54, 1.807) is 35.8 Å². The van der Waals surface area contributed by atoms with E-state index >= 15 is 0 Å². The van der Waals surface area contributed by atoms with Crippen LogP contribution in [-0.4, -0.2) is 91.0 Å². The third-order valence-corrected chi connectivity index (χ3v) is 10.2. The van der Waals surface area contributed by atoms with Crippen molar-refractivity contribution >= 4 is 17.6 Å². The Kier molecular flexibility index (Phi) is 10.8. The molecular weight excluding hydrogens is 666 g/mol. The zero-order valence-electron chi connectivity index (χ0n) is 29.6. The SMILES string of the molecule is CCOC(=O)C1=C(C)Nc2c(c(N3CCN(C(c4ccc(F)cc4)c4ccc(F)cc4)CC3)nc(=O)n2CCN2CCOCC2)C1c1ccccc1. The highest BCUT2D eigenvalue weighted by atomic mass is 19.1. The molecule has 3 aliphatic heterocycles. The van der Waals surface area contributed by atoms with Crippen LogP contribution in [0.1, 0.15) is 48.1 Å². The van der Waals surface area contributed by atoms with E-state index in [4.69, 9.17) is 14.5 Å². The second kappa shape index (κ2) is 15.8. The van der Waals surface area contributed by atoms with Gasteiger partial charge in [-0.15, -0.1) is 0 Å². The summed E-state index contributed by atoms with van der Waals surface area (Å²) in [6.45, 7) is 10.0. The molecule has 4 heterocycles. The number of aromatic nitrogens is 2. The molecule has 272 valence electrons. The van der Waals surface area contributed by atoms with Gasteiger partial charge in [-0.05, 0) is 54.8 Å². The molecule has 52 heavy (non-hydrogen) atoms. The summed E-state index contributed by atoms with van der Waals surface area (Å²) < 4.78 is 40.8. The Morgan fingerprint density at radius 2 is 1.50 bits per heavy atom. The molecular formula is C40H44F2N6O4. The zero-order chi connectivity index (χ0) is 36.2. The number of hydrogen-bond acceptors (Lipinski definition) is 9. The largest absolute Gasteiger partial charge is 0.463 e. The number of carbonyl (C=O) groups is 1. The lowest BCUT2D eigenvalue weighted by Gasteiger charge is -2.42. The molecule has 12 heteroatoms. The fraction of sp³-hybridized carbons (Fsp3) is 0.375. The van der Waals surface area contributed by atoms with Crippen molar-refractivity contribution in [3.63, 3.8) is 0 Å². The summed E-state index contributed by atoms with van der Waals surface area (Å²) >= 11 is 0. The summed E-state index contributed by atoms with van der Waals surface area (Å²) in [5.74, 6) is -0.461. The van der Waals surface area contributed by atoms with Gasteiger partial charge in [0.2, 0.25) is 0 Å². The number of piperazine rings is 1. The number of hydrogen-bond donors (Lipinski definition) is 1. The van der Waals surface area contributed by atoms with E-state index in [0.29, 0.717) is 75.4 Å². The first-order chi connectivity index (χ1) is 25.3. The first-order valence-corrected chi connectivity index (χ1v) is 18.0. The number of fused-ring (bicyclic) bond motifs is 1. The van der Waals surface area contributed by atoms with Crippen LogP contribution in [0.25, 0.3) is 0 Å². The molecule has 1 N–H and O–H groups in total. The predicted molar refractivity (Wildman–Crippen MR) is 195 cm³/mol. The molecule has 0 radical (unpaired) electrons. The zero-order valence-corrected chi connectivity index (χ0v) is 29.6. The smallest absolute Gasteiger partial charge is 0.351 e. The van der Waals surface area contributed by atoms with Gasteiger partial charge in [-0.2, -0.15) is 4.98 Å². The van der Waals surface area contributed by atoms with Crippen LogP contribution in [0.15, 0.2) is 94.9 Å². The molecule has 3 aliphatic rings. The monoisotopic (exact) mass is 710 g/mol. The highest BCUT2D eigenvalue weighted by Crippen LogP contribution is 2.46. The van der Waals surface area contributed by atoms with Gasteiger partial charge in [0.1, 0.15) is 23.3 Å². The van der Waals surface area contributed by atoms with Crippen molar-refractivity contribution in [3.05, 3.63) is 135 Å². The van der Waals surface area contributed by atoms with Gasteiger partial charge in [0.25, 0.3) is 0 Å². The van der Waals surface area contributed by atoms with Crippen molar-refractivity contribution in [2.45, 2.75) is 32.4 Å². The van der Waals surface area contributed by atoms with E-state index in [0.717, 1.165) is 35.3 Å². The van der Waals surface area contributed by atoms with E-state index in [1.165, 1.54) is 24.3 Å². The molecule has 0 bridgehead atoms. The molecule has 7 rings (SSSR count). The summed E-state index contributed by atoms with van der Waals surface area (Å²) in [5.41, 5.74) is 4.17. The van der Waals surface area contributed by atoms with Gasteiger partial charge in [0, 0.05) is 63.6 Å². The van der Waals surface area contributed by atoms with Gasteiger partial charge in [0.05, 0.1) is 37.4 Å². The van der Waals surface area contributed by atoms with Crippen molar-refractivity contribution in [1.29, 1.82) is 0 Å². The van der Waals surface area contributed by atoms with Crippen LogP contribution in [0.3, 0.4) is 0 Å². The van der Waals surface area contributed by atoms with Crippen molar-refractivity contribution < 1.29 is 23.0 Å². The van der Waals surface area contributed by atoms with Crippen LogP contribution in [-0.2, 0) is 20.8 Å². The number of halogens is 2. The van der Waals surface area contributed by atoms with Crippen LogP contribution in [0, 0.1) is 11.6 Å². The van der Waals surface area contributed by atoms with Gasteiger partial charge in [-0.3, -0.25) is 14.4 Å². The molecule has 0 spiro atoms. The molecule has 3 aromatic carbocycles. The average Bonchev–Trinajstić information content (AvgIpc) is 3.16. The molecule has 0 saturated carbocycles. The molecule has 4 aromatic rings. The number of esters is 1. The number of carbonyl (C=O) groups excluding carboxylic acids is 1. The van der Waals surface area contributed by atoms with Crippen LogP contribution in [0.4, 0.5) is 20.4 Å². The minimum Gasteiger partial charge on any atom is -0.463 e. The van der Waals surface area contributed by atoms with E-state index in [9.17, 15) is 18.4 Å². The lowest BCUT2D eigenvalue weighted by atomic mass is 9.81. The summed E-state index contributed by atoms with van der Waals surface area (Å²) in [5, 5.41) is 3.46. The number of ether oxygens (including phenoxy) is 2. The number of nitrogens with one attached hydrogen (secondary N) is 1. The first kappa shape index (κ1) is 35.5. The van der Waals surface area contributed by atoms with E-state index in [-0.39, 0.29) is 30.0 Å². The minimum absolute atomic E-state index is 0.222. The van der Waals surface area contributed by atoms with E-state index < -0.39 is 11.9 Å². The molecule has 2 fully saturated rings. The third kappa shape index (κ3) is 7.37. The summed E-state index contributed by atoms with van der Waals surface area (Å²) in [4.78, 5) is 39.2. The van der Waals surface area contributed by atoms with E-state index in [1.807, 2.05) is 37.3 Å². The van der Waals surface area contributed by atoms with Crippen LogP contribution in [0.5, 0.6) is 0 Å². The Hall–Kier alpha value is -4.91. The first-order valence-electron chi connectivity index (χ1n) is 18.0. The highest BCUT2D eigenvalue weighted by molar-refractivity contribution is 5.95. The Morgan fingerprint density at radius 3 is 2.10 bits per heavy atom. The average molecular weight is 711 g/mol. The topological polar surface area (TPSA) is 92.2 Å². The Morgan fingerprint density at radius 1 is 0.885 bits per heavy atom. The summed E-state index contributed by atoms with van der Waals surface area (Å²) in [7, 11) is 0. The second-order valence-electron chi connectivity index (χ2n) is 13.3. The molecule has 1 atom stereocenters.